The fourth-order valence-electron chi connectivity index (χ4n) is 1.73. The molecule has 3 N–H and O–H groups in total. The molecule has 2 unspecified atom stereocenters. The molecule has 4 heteroatoms. The van der Waals surface area contributed by atoms with Gasteiger partial charge in [0, 0.05) is 19.1 Å². The van der Waals surface area contributed by atoms with Gasteiger partial charge in [-0.15, -0.1) is 0 Å². The Morgan fingerprint density at radius 1 is 1.60 bits per heavy atom. The number of aliphatic hydroxyl groups is 1. The maximum Gasteiger partial charge on any atom is 0.0644 e. The number of morpholine rings is 1. The molecule has 90 valence electrons. The van der Waals surface area contributed by atoms with Crippen molar-refractivity contribution >= 4 is 0 Å². The first-order valence-corrected chi connectivity index (χ1v) is 5.65. The van der Waals surface area contributed by atoms with Gasteiger partial charge in [-0.25, -0.2) is 0 Å². The highest BCUT2D eigenvalue weighted by molar-refractivity contribution is 4.85. The lowest BCUT2D eigenvalue weighted by Gasteiger charge is -2.41. The summed E-state index contributed by atoms with van der Waals surface area (Å²) < 4.78 is 5.35. The second-order valence-electron chi connectivity index (χ2n) is 5.16. The topological polar surface area (TPSA) is 58.7 Å². The molecular formula is C11H24N2O2. The van der Waals surface area contributed by atoms with Crippen molar-refractivity contribution < 1.29 is 9.84 Å². The summed E-state index contributed by atoms with van der Waals surface area (Å²) in [5.74, 6) is 0. The van der Waals surface area contributed by atoms with Gasteiger partial charge in [-0.05, 0) is 12.3 Å². The largest absolute Gasteiger partial charge is 0.395 e. The molecule has 0 bridgehead atoms. The summed E-state index contributed by atoms with van der Waals surface area (Å²) >= 11 is 0. The smallest absolute Gasteiger partial charge is 0.0644 e. The molecule has 4 nitrogen and oxygen atoms in total. The number of nitrogens with zero attached hydrogens (tertiary/aromatic N) is 1. The standard InChI is InChI=1S/C11H24N2O2/c1-9(12)11(2,3)8-13-4-5-15-7-10(13)6-14/h9-10,14H,4-8,12H2,1-3H3. The molecule has 1 fully saturated rings. The SMILES string of the molecule is CC(N)C(C)(C)CN1CCOCC1CO. The molecule has 1 aliphatic heterocycles. The van der Waals surface area contributed by atoms with Crippen molar-refractivity contribution in [2.75, 3.05) is 32.9 Å². The lowest BCUT2D eigenvalue weighted by molar-refractivity contribution is -0.0428. The Labute approximate surface area is 92.4 Å². The highest BCUT2D eigenvalue weighted by atomic mass is 16.5. The van der Waals surface area contributed by atoms with E-state index in [2.05, 4.69) is 18.7 Å². The van der Waals surface area contributed by atoms with E-state index >= 15 is 0 Å². The number of rotatable bonds is 4. The Bertz CT molecular complexity index is 195. The number of aliphatic hydroxyl groups excluding tert-OH is 1. The van der Waals surface area contributed by atoms with Crippen molar-refractivity contribution in [3.63, 3.8) is 0 Å². The molecule has 2 atom stereocenters. The fourth-order valence-corrected chi connectivity index (χ4v) is 1.73. The Hall–Kier alpha value is -0.160. The van der Waals surface area contributed by atoms with Crippen LogP contribution in [0.25, 0.3) is 0 Å². The second kappa shape index (κ2) is 5.25. The van der Waals surface area contributed by atoms with Gasteiger partial charge < -0.3 is 15.6 Å². The maximum absolute atomic E-state index is 9.24. The first kappa shape index (κ1) is 12.9. The van der Waals surface area contributed by atoms with E-state index in [4.69, 9.17) is 10.5 Å². The third-order valence-electron chi connectivity index (χ3n) is 3.40. The van der Waals surface area contributed by atoms with Gasteiger partial charge in [0.25, 0.3) is 0 Å². The Kier molecular flexibility index (Phi) is 4.52. The summed E-state index contributed by atoms with van der Waals surface area (Å²) in [6.45, 7) is 9.73. The van der Waals surface area contributed by atoms with E-state index in [0.29, 0.717) is 6.61 Å². The van der Waals surface area contributed by atoms with Gasteiger partial charge in [0.2, 0.25) is 0 Å². The van der Waals surface area contributed by atoms with Crippen LogP contribution in [0.3, 0.4) is 0 Å². The molecule has 0 aromatic carbocycles. The van der Waals surface area contributed by atoms with E-state index in [9.17, 15) is 5.11 Å². The van der Waals surface area contributed by atoms with E-state index in [1.54, 1.807) is 0 Å². The summed E-state index contributed by atoms with van der Waals surface area (Å²) in [4.78, 5) is 2.28. The Morgan fingerprint density at radius 3 is 2.80 bits per heavy atom. The quantitative estimate of drug-likeness (QED) is 0.697. The minimum atomic E-state index is 0.0742. The van der Waals surface area contributed by atoms with Gasteiger partial charge in [-0.2, -0.15) is 0 Å². The third-order valence-corrected chi connectivity index (χ3v) is 3.40. The van der Waals surface area contributed by atoms with E-state index in [0.717, 1.165) is 19.7 Å². The Morgan fingerprint density at radius 2 is 2.27 bits per heavy atom. The van der Waals surface area contributed by atoms with Crippen LogP contribution >= 0.6 is 0 Å². The summed E-state index contributed by atoms with van der Waals surface area (Å²) in [7, 11) is 0. The maximum atomic E-state index is 9.24. The molecule has 0 radical (unpaired) electrons. The number of nitrogens with two attached hydrogens (primary N) is 1. The third kappa shape index (κ3) is 3.41. The molecule has 15 heavy (non-hydrogen) atoms. The highest BCUT2D eigenvalue weighted by Crippen LogP contribution is 2.22. The van der Waals surface area contributed by atoms with Gasteiger partial charge in [0.1, 0.15) is 0 Å². The highest BCUT2D eigenvalue weighted by Gasteiger charge is 2.30. The van der Waals surface area contributed by atoms with E-state index < -0.39 is 0 Å². The summed E-state index contributed by atoms with van der Waals surface area (Å²) in [6, 6.07) is 0.288. The van der Waals surface area contributed by atoms with Gasteiger partial charge in [0.15, 0.2) is 0 Å². The van der Waals surface area contributed by atoms with Crippen molar-refractivity contribution in [1.82, 2.24) is 4.90 Å². The van der Waals surface area contributed by atoms with Crippen LogP contribution in [0, 0.1) is 5.41 Å². The molecular weight excluding hydrogens is 192 g/mol. The molecule has 1 aliphatic rings. The van der Waals surface area contributed by atoms with Crippen LogP contribution in [0.15, 0.2) is 0 Å². The average molecular weight is 216 g/mol. The molecule has 0 saturated carbocycles. The summed E-state index contributed by atoms with van der Waals surface area (Å²) in [5, 5.41) is 9.24. The number of ether oxygens (including phenoxy) is 1. The van der Waals surface area contributed by atoms with Gasteiger partial charge >= 0.3 is 0 Å². The molecule has 0 amide bonds. The molecule has 0 aliphatic carbocycles. The predicted octanol–water partition coefficient (Wildman–Crippen LogP) is 0.0529. The molecule has 1 rings (SSSR count). The van der Waals surface area contributed by atoms with Crippen molar-refractivity contribution in [2.45, 2.75) is 32.9 Å². The van der Waals surface area contributed by atoms with E-state index in [1.807, 2.05) is 6.92 Å². The van der Waals surface area contributed by atoms with Crippen LogP contribution < -0.4 is 5.73 Å². The summed E-state index contributed by atoms with van der Waals surface area (Å²) in [5.41, 5.74) is 6.03. The molecule has 1 saturated heterocycles. The van der Waals surface area contributed by atoms with E-state index in [-0.39, 0.29) is 24.1 Å². The predicted molar refractivity (Wildman–Crippen MR) is 60.7 cm³/mol. The second-order valence-corrected chi connectivity index (χ2v) is 5.16. The first-order valence-electron chi connectivity index (χ1n) is 5.65. The zero-order chi connectivity index (χ0) is 11.5. The van der Waals surface area contributed by atoms with Gasteiger partial charge in [-0.1, -0.05) is 13.8 Å². The lowest BCUT2D eigenvalue weighted by Crippen LogP contribution is -2.53. The molecule has 0 aromatic heterocycles. The van der Waals surface area contributed by atoms with Gasteiger partial charge in [-0.3, -0.25) is 4.90 Å². The van der Waals surface area contributed by atoms with Crippen LogP contribution in [0.4, 0.5) is 0 Å². The average Bonchev–Trinajstić information content (AvgIpc) is 2.18. The fraction of sp³-hybridized carbons (Fsp3) is 1.00. The zero-order valence-corrected chi connectivity index (χ0v) is 10.1. The summed E-state index contributed by atoms with van der Waals surface area (Å²) in [6.07, 6.45) is 0. The van der Waals surface area contributed by atoms with Crippen LogP contribution in [0.1, 0.15) is 20.8 Å². The Balaban J connectivity index is 2.54. The normalized spacial score (nSPS) is 26.6. The molecule has 1 heterocycles. The van der Waals surface area contributed by atoms with Crippen LogP contribution in [0.5, 0.6) is 0 Å². The van der Waals surface area contributed by atoms with Crippen molar-refractivity contribution in [2.24, 2.45) is 11.1 Å². The van der Waals surface area contributed by atoms with Crippen molar-refractivity contribution in [3.05, 3.63) is 0 Å². The monoisotopic (exact) mass is 216 g/mol. The van der Waals surface area contributed by atoms with Crippen molar-refractivity contribution in [3.8, 4) is 0 Å². The van der Waals surface area contributed by atoms with Crippen LogP contribution in [-0.4, -0.2) is 55.0 Å². The van der Waals surface area contributed by atoms with Crippen molar-refractivity contribution in [1.29, 1.82) is 0 Å². The lowest BCUT2D eigenvalue weighted by atomic mass is 9.85. The van der Waals surface area contributed by atoms with Gasteiger partial charge in [0.05, 0.1) is 25.9 Å². The van der Waals surface area contributed by atoms with Crippen LogP contribution in [0.2, 0.25) is 0 Å². The molecule has 0 aromatic rings. The number of hydrogen-bond donors (Lipinski definition) is 2. The van der Waals surface area contributed by atoms with E-state index in [1.165, 1.54) is 0 Å². The number of hydrogen-bond acceptors (Lipinski definition) is 4. The minimum absolute atomic E-state index is 0.0742. The zero-order valence-electron chi connectivity index (χ0n) is 10.1. The molecule has 0 spiro atoms. The first-order chi connectivity index (χ1) is 6.97. The van der Waals surface area contributed by atoms with Crippen LogP contribution in [-0.2, 0) is 4.74 Å². The minimum Gasteiger partial charge on any atom is -0.395 e.